The summed E-state index contributed by atoms with van der Waals surface area (Å²) in [6, 6.07) is 5.68. The fourth-order valence-corrected chi connectivity index (χ4v) is 3.34. The predicted molar refractivity (Wildman–Crippen MR) is 83.5 cm³/mol. The monoisotopic (exact) mass is 302 g/mol. The Labute approximate surface area is 130 Å². The third kappa shape index (κ3) is 2.77. The van der Waals surface area contributed by atoms with E-state index >= 15 is 0 Å². The molecule has 0 radical (unpaired) electrons. The van der Waals surface area contributed by atoms with Crippen molar-refractivity contribution in [3.05, 3.63) is 24.4 Å². The molecule has 3 amide bonds. The SMILES string of the molecule is CC(C)NC(=O)N1CC[C@]2(CC(=O)N(c3ccccn3)C2)C1. The second-order valence-electron chi connectivity index (χ2n) is 6.62. The number of rotatable bonds is 2. The number of amides is 3. The number of carbonyl (C=O) groups excluding carboxylic acids is 2. The van der Waals surface area contributed by atoms with Gasteiger partial charge in [-0.3, -0.25) is 9.69 Å². The van der Waals surface area contributed by atoms with Crippen LogP contribution in [0.5, 0.6) is 0 Å². The van der Waals surface area contributed by atoms with Crippen LogP contribution in [0.4, 0.5) is 10.6 Å². The van der Waals surface area contributed by atoms with Crippen molar-refractivity contribution in [3.63, 3.8) is 0 Å². The number of likely N-dealkylation sites (tertiary alicyclic amines) is 1. The summed E-state index contributed by atoms with van der Waals surface area (Å²) in [4.78, 5) is 32.3. The molecular weight excluding hydrogens is 280 g/mol. The van der Waals surface area contributed by atoms with E-state index in [0.717, 1.165) is 6.42 Å². The molecule has 2 aliphatic heterocycles. The average Bonchev–Trinajstić information content (AvgIpc) is 3.03. The topological polar surface area (TPSA) is 65.5 Å². The van der Waals surface area contributed by atoms with Gasteiger partial charge in [-0.25, -0.2) is 9.78 Å². The maximum Gasteiger partial charge on any atom is 0.317 e. The van der Waals surface area contributed by atoms with Crippen LogP contribution in [-0.2, 0) is 4.79 Å². The van der Waals surface area contributed by atoms with Crippen LogP contribution in [0.3, 0.4) is 0 Å². The van der Waals surface area contributed by atoms with Gasteiger partial charge in [0.2, 0.25) is 5.91 Å². The van der Waals surface area contributed by atoms with Crippen molar-refractivity contribution in [2.75, 3.05) is 24.5 Å². The Morgan fingerprint density at radius 2 is 2.18 bits per heavy atom. The average molecular weight is 302 g/mol. The lowest BCUT2D eigenvalue weighted by atomic mass is 9.86. The molecule has 1 spiro atoms. The summed E-state index contributed by atoms with van der Waals surface area (Å²) in [5.41, 5.74) is -0.122. The van der Waals surface area contributed by atoms with E-state index in [1.807, 2.05) is 36.9 Å². The van der Waals surface area contributed by atoms with Crippen LogP contribution in [0.15, 0.2) is 24.4 Å². The molecule has 118 valence electrons. The summed E-state index contributed by atoms with van der Waals surface area (Å²) >= 11 is 0. The van der Waals surface area contributed by atoms with Crippen LogP contribution >= 0.6 is 0 Å². The standard InChI is InChI=1S/C16H22N4O2/c1-12(2)18-15(22)19-8-6-16(10-19)9-14(21)20(11-16)13-5-3-4-7-17-13/h3-5,7,12H,6,8-11H2,1-2H3,(H,18,22)/t16-/m0/s1. The molecule has 2 saturated heterocycles. The van der Waals surface area contributed by atoms with Gasteiger partial charge in [-0.15, -0.1) is 0 Å². The van der Waals surface area contributed by atoms with Gasteiger partial charge in [0.25, 0.3) is 0 Å². The molecule has 0 bridgehead atoms. The lowest BCUT2D eigenvalue weighted by Crippen LogP contribution is -2.43. The number of hydrogen-bond acceptors (Lipinski definition) is 3. The number of pyridine rings is 1. The zero-order valence-electron chi connectivity index (χ0n) is 13.1. The zero-order valence-corrected chi connectivity index (χ0v) is 13.1. The van der Waals surface area contributed by atoms with Crippen LogP contribution in [0.1, 0.15) is 26.7 Å². The Morgan fingerprint density at radius 3 is 2.86 bits per heavy atom. The Bertz CT molecular complexity index is 575. The predicted octanol–water partition coefficient (Wildman–Crippen LogP) is 1.63. The summed E-state index contributed by atoms with van der Waals surface area (Å²) in [6.45, 7) is 5.90. The highest BCUT2D eigenvalue weighted by Gasteiger charge is 2.49. The minimum Gasteiger partial charge on any atom is -0.336 e. The van der Waals surface area contributed by atoms with E-state index < -0.39 is 0 Å². The van der Waals surface area contributed by atoms with Crippen LogP contribution in [0.2, 0.25) is 0 Å². The summed E-state index contributed by atoms with van der Waals surface area (Å²) in [6.07, 6.45) is 3.06. The molecule has 1 aromatic rings. The van der Waals surface area contributed by atoms with Gasteiger partial charge in [0, 0.05) is 43.7 Å². The fraction of sp³-hybridized carbons (Fsp3) is 0.562. The lowest BCUT2D eigenvalue weighted by molar-refractivity contribution is -0.117. The molecule has 6 heteroatoms. The maximum absolute atomic E-state index is 12.4. The van der Waals surface area contributed by atoms with Gasteiger partial charge in [0.15, 0.2) is 0 Å². The van der Waals surface area contributed by atoms with Crippen LogP contribution in [0, 0.1) is 5.41 Å². The van der Waals surface area contributed by atoms with Gasteiger partial charge < -0.3 is 10.2 Å². The minimum atomic E-state index is -0.122. The number of urea groups is 1. The maximum atomic E-state index is 12.4. The van der Waals surface area contributed by atoms with E-state index in [1.165, 1.54) is 0 Å². The summed E-state index contributed by atoms with van der Waals surface area (Å²) < 4.78 is 0. The molecule has 3 heterocycles. The van der Waals surface area contributed by atoms with E-state index in [1.54, 1.807) is 11.1 Å². The van der Waals surface area contributed by atoms with E-state index in [0.29, 0.717) is 31.9 Å². The Hall–Kier alpha value is -2.11. The fourth-order valence-electron chi connectivity index (χ4n) is 3.34. The molecule has 1 aromatic heterocycles. The molecule has 0 unspecified atom stereocenters. The van der Waals surface area contributed by atoms with Crippen LogP contribution in [0.25, 0.3) is 0 Å². The number of aromatic nitrogens is 1. The van der Waals surface area contributed by atoms with Crippen molar-refractivity contribution in [1.29, 1.82) is 0 Å². The lowest BCUT2D eigenvalue weighted by Gasteiger charge is -2.24. The van der Waals surface area contributed by atoms with Crippen molar-refractivity contribution >= 4 is 17.8 Å². The summed E-state index contributed by atoms with van der Waals surface area (Å²) in [5.74, 6) is 0.805. The van der Waals surface area contributed by atoms with Gasteiger partial charge in [0.05, 0.1) is 0 Å². The number of nitrogens with zero attached hydrogens (tertiary/aromatic N) is 3. The highest BCUT2D eigenvalue weighted by Crippen LogP contribution is 2.41. The molecule has 0 aliphatic carbocycles. The van der Waals surface area contributed by atoms with Crippen molar-refractivity contribution in [3.8, 4) is 0 Å². The van der Waals surface area contributed by atoms with Crippen molar-refractivity contribution in [1.82, 2.24) is 15.2 Å². The van der Waals surface area contributed by atoms with Crippen LogP contribution in [-0.4, -0.2) is 47.5 Å². The molecule has 2 fully saturated rings. The largest absolute Gasteiger partial charge is 0.336 e. The van der Waals surface area contributed by atoms with E-state index in [4.69, 9.17) is 0 Å². The summed E-state index contributed by atoms with van der Waals surface area (Å²) in [5, 5.41) is 2.92. The van der Waals surface area contributed by atoms with Crippen molar-refractivity contribution in [2.45, 2.75) is 32.7 Å². The second kappa shape index (κ2) is 5.59. The molecular formula is C16H22N4O2. The first-order chi connectivity index (χ1) is 10.5. The Morgan fingerprint density at radius 1 is 1.36 bits per heavy atom. The quantitative estimate of drug-likeness (QED) is 0.903. The van der Waals surface area contributed by atoms with E-state index in [-0.39, 0.29) is 23.4 Å². The highest BCUT2D eigenvalue weighted by molar-refractivity contribution is 5.95. The second-order valence-corrected chi connectivity index (χ2v) is 6.62. The zero-order chi connectivity index (χ0) is 15.7. The van der Waals surface area contributed by atoms with Crippen LogP contribution < -0.4 is 10.2 Å². The molecule has 22 heavy (non-hydrogen) atoms. The molecule has 3 rings (SSSR count). The molecule has 0 aromatic carbocycles. The Balaban J connectivity index is 1.69. The Kier molecular flexibility index (Phi) is 3.76. The first-order valence-electron chi connectivity index (χ1n) is 7.76. The number of hydrogen-bond donors (Lipinski definition) is 1. The van der Waals surface area contributed by atoms with E-state index in [2.05, 4.69) is 10.3 Å². The van der Waals surface area contributed by atoms with Gasteiger partial charge in [-0.2, -0.15) is 0 Å². The van der Waals surface area contributed by atoms with Crippen molar-refractivity contribution < 1.29 is 9.59 Å². The van der Waals surface area contributed by atoms with E-state index in [9.17, 15) is 9.59 Å². The van der Waals surface area contributed by atoms with Gasteiger partial charge >= 0.3 is 6.03 Å². The third-order valence-corrected chi connectivity index (χ3v) is 4.38. The number of anilines is 1. The van der Waals surface area contributed by atoms with Gasteiger partial charge in [0.1, 0.15) is 5.82 Å². The molecule has 2 aliphatic rings. The normalized spacial score (nSPS) is 24.6. The molecule has 1 N–H and O–H groups in total. The smallest absolute Gasteiger partial charge is 0.317 e. The summed E-state index contributed by atoms with van der Waals surface area (Å²) in [7, 11) is 0. The molecule has 6 nitrogen and oxygen atoms in total. The number of nitrogens with one attached hydrogen (secondary N) is 1. The van der Waals surface area contributed by atoms with Crippen molar-refractivity contribution in [2.24, 2.45) is 5.41 Å². The molecule has 1 atom stereocenters. The minimum absolute atomic E-state index is 0.0318. The molecule has 0 saturated carbocycles. The number of carbonyl (C=O) groups is 2. The third-order valence-electron chi connectivity index (χ3n) is 4.38. The first kappa shape index (κ1) is 14.8. The first-order valence-corrected chi connectivity index (χ1v) is 7.76. The van der Waals surface area contributed by atoms with Gasteiger partial charge in [-0.05, 0) is 32.4 Å². The van der Waals surface area contributed by atoms with Gasteiger partial charge in [-0.1, -0.05) is 6.07 Å². The highest BCUT2D eigenvalue weighted by atomic mass is 16.2.